The average Bonchev–Trinajstić information content (AvgIpc) is 2.69. The SMILES string of the molecule is Cc1ccc(S(=O)(=O)N2CC[NH+](CCOC(=O)c3ccccc3Cl)CC2)cc1. The summed E-state index contributed by atoms with van der Waals surface area (Å²) < 4.78 is 32.3. The maximum absolute atomic E-state index is 12.7. The normalized spacial score (nSPS) is 16.1. The number of aryl methyl sites for hydroxylation is 1. The molecule has 0 aliphatic carbocycles. The van der Waals surface area contributed by atoms with Crippen LogP contribution < -0.4 is 4.90 Å². The highest BCUT2D eigenvalue weighted by Crippen LogP contribution is 2.17. The predicted octanol–water partition coefficient (Wildman–Crippen LogP) is 1.39. The Morgan fingerprint density at radius 1 is 1.11 bits per heavy atom. The Balaban J connectivity index is 1.47. The Hall–Kier alpha value is -1.93. The molecule has 3 rings (SSSR count). The van der Waals surface area contributed by atoms with Gasteiger partial charge in [0.15, 0.2) is 0 Å². The molecule has 0 unspecified atom stereocenters. The third kappa shape index (κ3) is 4.91. The Morgan fingerprint density at radius 3 is 2.39 bits per heavy atom. The van der Waals surface area contributed by atoms with Gasteiger partial charge in [-0.2, -0.15) is 4.31 Å². The number of nitrogens with zero attached hydrogens (tertiary/aromatic N) is 1. The van der Waals surface area contributed by atoms with Gasteiger partial charge in [-0.15, -0.1) is 0 Å². The molecule has 1 aliphatic heterocycles. The lowest BCUT2D eigenvalue weighted by Crippen LogP contribution is -3.15. The van der Waals surface area contributed by atoms with Gasteiger partial charge in [0.25, 0.3) is 0 Å². The minimum Gasteiger partial charge on any atom is -0.456 e. The number of quaternary nitrogens is 1. The van der Waals surface area contributed by atoms with Crippen molar-refractivity contribution in [2.24, 2.45) is 0 Å². The van der Waals surface area contributed by atoms with Gasteiger partial charge in [-0.1, -0.05) is 41.4 Å². The molecule has 8 heteroatoms. The van der Waals surface area contributed by atoms with Crippen LogP contribution in [0.15, 0.2) is 53.4 Å². The number of nitrogens with one attached hydrogen (secondary N) is 1. The molecule has 2 aromatic rings. The van der Waals surface area contributed by atoms with E-state index in [1.54, 1.807) is 36.4 Å². The number of benzene rings is 2. The standard InChI is InChI=1S/C20H23ClN2O4S/c1-16-6-8-17(9-7-16)28(25,26)23-12-10-22(11-13-23)14-15-27-20(24)18-4-2-3-5-19(18)21/h2-9H,10-15H2,1H3/p+1. The van der Waals surface area contributed by atoms with Gasteiger partial charge < -0.3 is 9.64 Å². The maximum atomic E-state index is 12.7. The number of hydrogen-bond acceptors (Lipinski definition) is 4. The zero-order chi connectivity index (χ0) is 20.1. The Morgan fingerprint density at radius 2 is 1.75 bits per heavy atom. The Bertz CT molecular complexity index is 923. The maximum Gasteiger partial charge on any atom is 0.339 e. The van der Waals surface area contributed by atoms with E-state index in [4.69, 9.17) is 16.3 Å². The molecule has 1 heterocycles. The van der Waals surface area contributed by atoms with E-state index >= 15 is 0 Å². The summed E-state index contributed by atoms with van der Waals surface area (Å²) in [6.45, 7) is 5.08. The number of hydrogen-bond donors (Lipinski definition) is 1. The molecule has 28 heavy (non-hydrogen) atoms. The van der Waals surface area contributed by atoms with Crippen molar-refractivity contribution < 1.29 is 22.8 Å². The molecule has 1 N–H and O–H groups in total. The second kappa shape index (κ2) is 9.05. The average molecular weight is 424 g/mol. The molecule has 0 radical (unpaired) electrons. The number of halogens is 1. The van der Waals surface area contributed by atoms with Crippen LogP contribution >= 0.6 is 11.6 Å². The van der Waals surface area contributed by atoms with E-state index in [1.807, 2.05) is 19.1 Å². The lowest BCUT2D eigenvalue weighted by atomic mass is 10.2. The van der Waals surface area contributed by atoms with Crippen LogP contribution in [0.2, 0.25) is 5.02 Å². The predicted molar refractivity (Wildman–Crippen MR) is 107 cm³/mol. The third-order valence-corrected chi connectivity index (χ3v) is 7.11. The number of sulfonamides is 1. The van der Waals surface area contributed by atoms with E-state index in [1.165, 1.54) is 9.21 Å². The van der Waals surface area contributed by atoms with Crippen LogP contribution in [0.25, 0.3) is 0 Å². The summed E-state index contributed by atoms with van der Waals surface area (Å²) in [7, 11) is -3.46. The topological polar surface area (TPSA) is 68.1 Å². The molecule has 1 fully saturated rings. The Kier molecular flexibility index (Phi) is 6.72. The molecule has 0 bridgehead atoms. The highest BCUT2D eigenvalue weighted by molar-refractivity contribution is 7.89. The second-order valence-corrected chi connectivity index (χ2v) is 9.18. The van der Waals surface area contributed by atoms with Crippen LogP contribution in [0.5, 0.6) is 0 Å². The summed E-state index contributed by atoms with van der Waals surface area (Å²) in [5, 5.41) is 0.370. The zero-order valence-corrected chi connectivity index (χ0v) is 17.3. The van der Waals surface area contributed by atoms with Gasteiger partial charge in [0.2, 0.25) is 10.0 Å². The van der Waals surface area contributed by atoms with Crippen molar-refractivity contribution >= 4 is 27.6 Å². The van der Waals surface area contributed by atoms with Crippen molar-refractivity contribution in [2.45, 2.75) is 11.8 Å². The van der Waals surface area contributed by atoms with Gasteiger partial charge in [-0.3, -0.25) is 0 Å². The smallest absolute Gasteiger partial charge is 0.339 e. The highest BCUT2D eigenvalue weighted by atomic mass is 35.5. The fraction of sp³-hybridized carbons (Fsp3) is 0.350. The zero-order valence-electron chi connectivity index (χ0n) is 15.7. The first kappa shape index (κ1) is 20.8. The lowest BCUT2D eigenvalue weighted by molar-refractivity contribution is -0.903. The molecular weight excluding hydrogens is 400 g/mol. The first-order chi connectivity index (χ1) is 13.4. The third-order valence-electron chi connectivity index (χ3n) is 4.87. The van der Waals surface area contributed by atoms with E-state index in [0.29, 0.717) is 48.2 Å². The molecule has 1 saturated heterocycles. The second-order valence-electron chi connectivity index (χ2n) is 6.83. The largest absolute Gasteiger partial charge is 0.456 e. The van der Waals surface area contributed by atoms with Crippen molar-refractivity contribution in [3.05, 3.63) is 64.7 Å². The highest BCUT2D eigenvalue weighted by Gasteiger charge is 2.30. The van der Waals surface area contributed by atoms with Crippen LogP contribution in [0.4, 0.5) is 0 Å². The molecule has 0 aromatic heterocycles. The van der Waals surface area contributed by atoms with Gasteiger partial charge in [0.1, 0.15) is 13.2 Å². The summed E-state index contributed by atoms with van der Waals surface area (Å²) in [5.41, 5.74) is 1.38. The fourth-order valence-corrected chi connectivity index (χ4v) is 4.80. The molecule has 150 valence electrons. The number of ether oxygens (including phenoxy) is 1. The molecule has 0 saturated carbocycles. The lowest BCUT2D eigenvalue weighted by Gasteiger charge is -2.31. The number of piperazine rings is 1. The fourth-order valence-electron chi connectivity index (χ4n) is 3.14. The molecule has 2 aromatic carbocycles. The summed E-state index contributed by atoms with van der Waals surface area (Å²) in [4.78, 5) is 13.6. The van der Waals surface area contributed by atoms with Gasteiger partial charge >= 0.3 is 5.97 Å². The Labute approximate surface area is 170 Å². The van der Waals surface area contributed by atoms with E-state index in [0.717, 1.165) is 5.56 Å². The van der Waals surface area contributed by atoms with Crippen molar-refractivity contribution in [1.82, 2.24) is 4.31 Å². The molecule has 0 amide bonds. The van der Waals surface area contributed by atoms with E-state index in [9.17, 15) is 13.2 Å². The van der Waals surface area contributed by atoms with E-state index in [-0.39, 0.29) is 6.61 Å². The quantitative estimate of drug-likeness (QED) is 0.713. The molecule has 0 atom stereocenters. The van der Waals surface area contributed by atoms with Crippen LogP contribution in [-0.4, -0.2) is 58.0 Å². The van der Waals surface area contributed by atoms with Gasteiger partial charge in [-0.25, -0.2) is 13.2 Å². The summed E-state index contributed by atoms with van der Waals surface area (Å²) in [6, 6.07) is 13.7. The van der Waals surface area contributed by atoms with Crippen LogP contribution in [0.1, 0.15) is 15.9 Å². The first-order valence-electron chi connectivity index (χ1n) is 9.20. The number of rotatable bonds is 6. The number of carbonyl (C=O) groups excluding carboxylic acids is 1. The van der Waals surface area contributed by atoms with Crippen molar-refractivity contribution in [1.29, 1.82) is 0 Å². The van der Waals surface area contributed by atoms with Gasteiger partial charge in [0, 0.05) is 0 Å². The number of esters is 1. The molecule has 1 aliphatic rings. The monoisotopic (exact) mass is 423 g/mol. The minimum absolute atomic E-state index is 0.268. The van der Waals surface area contributed by atoms with Crippen LogP contribution in [-0.2, 0) is 14.8 Å². The summed E-state index contributed by atoms with van der Waals surface area (Å²) in [5.74, 6) is -0.439. The van der Waals surface area contributed by atoms with Crippen LogP contribution in [0, 0.1) is 6.92 Å². The molecular formula is C20H24ClN2O4S+. The van der Waals surface area contributed by atoms with Gasteiger partial charge in [-0.05, 0) is 31.2 Å². The van der Waals surface area contributed by atoms with Crippen molar-refractivity contribution in [3.63, 3.8) is 0 Å². The van der Waals surface area contributed by atoms with Crippen molar-refractivity contribution in [3.8, 4) is 0 Å². The summed E-state index contributed by atoms with van der Waals surface area (Å²) >= 11 is 6.00. The van der Waals surface area contributed by atoms with Gasteiger partial charge in [0.05, 0.1) is 41.7 Å². The molecule has 0 spiro atoms. The minimum atomic E-state index is -3.46. The van der Waals surface area contributed by atoms with Crippen molar-refractivity contribution in [2.75, 3.05) is 39.3 Å². The van der Waals surface area contributed by atoms with E-state index in [2.05, 4.69) is 0 Å². The van der Waals surface area contributed by atoms with Crippen LogP contribution in [0.3, 0.4) is 0 Å². The number of carbonyl (C=O) groups is 1. The summed E-state index contributed by atoms with van der Waals surface area (Å²) in [6.07, 6.45) is 0. The van der Waals surface area contributed by atoms with E-state index < -0.39 is 16.0 Å². The molecule has 6 nitrogen and oxygen atoms in total. The first-order valence-corrected chi connectivity index (χ1v) is 11.0.